The van der Waals surface area contributed by atoms with Gasteiger partial charge in [0.25, 0.3) is 0 Å². The molecule has 0 N–H and O–H groups in total. The average molecular weight is 552 g/mol. The van der Waals surface area contributed by atoms with Crippen LogP contribution in [0.15, 0.2) is 127 Å². The zero-order valence-corrected chi connectivity index (χ0v) is 24.7. The third kappa shape index (κ3) is 12.5. The minimum absolute atomic E-state index is 0. The molecule has 0 heterocycles. The zero-order chi connectivity index (χ0) is 24.8. The summed E-state index contributed by atoms with van der Waals surface area (Å²) in [7, 11) is -1.12. The molecule has 0 radical (unpaired) electrons. The third-order valence-electron chi connectivity index (χ3n) is 5.01. The zero-order valence-electron chi connectivity index (χ0n) is 21.2. The minimum atomic E-state index is -1.12. The normalized spacial score (nSPS) is 9.69. The fourth-order valence-electron chi connectivity index (χ4n) is 3.02. The summed E-state index contributed by atoms with van der Waals surface area (Å²) < 4.78 is 0. The maximum Gasteiger partial charge on any atom is 4.00 e. The molecule has 0 aliphatic rings. The summed E-state index contributed by atoms with van der Waals surface area (Å²) in [5.41, 5.74) is 3.22. The molecule has 5 rings (SSSR count). The predicted molar refractivity (Wildman–Crippen MR) is 155 cm³/mol. The largest absolute Gasteiger partial charge is 4.00 e. The van der Waals surface area contributed by atoms with E-state index in [1.54, 1.807) is 5.19 Å². The number of fused-ring (bicyclic) bond motifs is 1. The molecule has 0 atom stereocenters. The molecule has 0 nitrogen and oxygen atoms in total. The van der Waals surface area contributed by atoms with E-state index in [4.69, 9.17) is 0 Å². The van der Waals surface area contributed by atoms with Crippen molar-refractivity contribution in [1.29, 1.82) is 0 Å². The molecule has 0 amide bonds. The number of hydrogen-bond donors (Lipinski definition) is 0. The Morgan fingerprint density at radius 2 is 0.857 bits per heavy atom. The van der Waals surface area contributed by atoms with Crippen LogP contribution in [0.3, 0.4) is 0 Å². The van der Waals surface area contributed by atoms with E-state index in [0.29, 0.717) is 0 Å². The Morgan fingerprint density at radius 3 is 1.14 bits per heavy atom. The molecule has 0 aliphatic heterocycles. The van der Waals surface area contributed by atoms with E-state index in [1.165, 1.54) is 10.8 Å². The van der Waals surface area contributed by atoms with E-state index >= 15 is 0 Å². The molecule has 0 fully saturated rings. The molecule has 0 spiro atoms. The van der Waals surface area contributed by atoms with Crippen LogP contribution in [0.2, 0.25) is 19.6 Å². The first-order valence-corrected chi connectivity index (χ1v) is 15.0. The first kappa shape index (κ1) is 30.2. The van der Waals surface area contributed by atoms with Crippen LogP contribution in [0.1, 0.15) is 16.7 Å². The van der Waals surface area contributed by atoms with Crippen LogP contribution in [0.25, 0.3) is 10.8 Å². The van der Waals surface area contributed by atoms with Crippen LogP contribution >= 0.6 is 0 Å². The fraction of sp³-hybridized carbons (Fsp3) is 0.0909. The SMILES string of the molecule is C[Si](C)(C)c1cc2ccccc2[cH-]1.[CH2-]c1ccccc1.[CH2-]c1ccccc1.[CH2-]c1ccccc1.[Zr+4]. The van der Waals surface area contributed by atoms with Crippen molar-refractivity contribution in [3.8, 4) is 0 Å². The maximum atomic E-state index is 3.72. The van der Waals surface area contributed by atoms with Crippen molar-refractivity contribution >= 4 is 24.0 Å². The second-order valence-electron chi connectivity index (χ2n) is 9.08. The summed E-state index contributed by atoms with van der Waals surface area (Å²) in [5.74, 6) is 0. The molecule has 0 saturated carbocycles. The molecule has 5 aromatic rings. The average Bonchev–Trinajstić information content (AvgIpc) is 3.27. The summed E-state index contributed by atoms with van der Waals surface area (Å²) in [5, 5.41) is 4.34. The summed E-state index contributed by atoms with van der Waals surface area (Å²) in [6, 6.07) is 42.9. The fourth-order valence-corrected chi connectivity index (χ4v) is 4.19. The second-order valence-corrected chi connectivity index (χ2v) is 14.2. The molecule has 0 aromatic heterocycles. The van der Waals surface area contributed by atoms with Crippen molar-refractivity contribution in [3.63, 3.8) is 0 Å². The van der Waals surface area contributed by atoms with Crippen LogP contribution < -0.4 is 5.19 Å². The van der Waals surface area contributed by atoms with Gasteiger partial charge in [0.05, 0.1) is 8.07 Å². The number of hydrogen-bond acceptors (Lipinski definition) is 0. The van der Waals surface area contributed by atoms with E-state index in [-0.39, 0.29) is 26.2 Å². The molecule has 0 unspecified atom stereocenters. The van der Waals surface area contributed by atoms with Gasteiger partial charge < -0.3 is 0 Å². The molecule has 0 aliphatic carbocycles. The van der Waals surface area contributed by atoms with Crippen molar-refractivity contribution in [1.82, 2.24) is 0 Å². The number of rotatable bonds is 1. The van der Waals surface area contributed by atoms with Crippen LogP contribution in [0, 0.1) is 20.8 Å². The van der Waals surface area contributed by atoms with Crippen LogP contribution in [-0.2, 0) is 26.2 Å². The molecule has 35 heavy (non-hydrogen) atoms. The third-order valence-corrected chi connectivity index (χ3v) is 7.03. The molecule has 5 aromatic carbocycles. The van der Waals surface area contributed by atoms with Gasteiger partial charge in [0, 0.05) is 0 Å². The van der Waals surface area contributed by atoms with Gasteiger partial charge in [-0.1, -0.05) is 43.9 Å². The van der Waals surface area contributed by atoms with Crippen LogP contribution in [0.4, 0.5) is 0 Å². The quantitative estimate of drug-likeness (QED) is 0.144. The van der Waals surface area contributed by atoms with Gasteiger partial charge in [0.15, 0.2) is 0 Å². The minimum Gasteiger partial charge on any atom is -0.199 e. The maximum absolute atomic E-state index is 3.72. The summed E-state index contributed by atoms with van der Waals surface area (Å²) >= 11 is 0. The second kappa shape index (κ2) is 16.0. The Labute approximate surface area is 233 Å². The topological polar surface area (TPSA) is 0 Å². The van der Waals surface area contributed by atoms with Gasteiger partial charge >= 0.3 is 26.2 Å². The molecule has 0 bridgehead atoms. The van der Waals surface area contributed by atoms with Gasteiger partial charge in [0.1, 0.15) is 0 Å². The van der Waals surface area contributed by atoms with E-state index in [1.807, 2.05) is 91.0 Å². The first-order chi connectivity index (χ1) is 16.3. The van der Waals surface area contributed by atoms with E-state index < -0.39 is 8.07 Å². The summed E-state index contributed by atoms with van der Waals surface area (Å²) in [6.45, 7) is 18.3. The Balaban J connectivity index is 0.000000243. The standard InChI is InChI=1S/C12H15Si.3C7H7.Zr/c1-13(2,3)12-8-10-6-4-5-7-11(10)9-12;3*1-7-5-3-2-4-6-7;/h4-9H,1-3H3;3*2-6H,1H2;/q4*-1;+4. The Morgan fingerprint density at radius 1 is 0.514 bits per heavy atom. The van der Waals surface area contributed by atoms with Crippen molar-refractivity contribution in [2.75, 3.05) is 0 Å². The number of benzene rings is 4. The first-order valence-electron chi connectivity index (χ1n) is 11.5. The van der Waals surface area contributed by atoms with Crippen molar-refractivity contribution in [2.45, 2.75) is 19.6 Å². The molecule has 176 valence electrons. The predicted octanol–water partition coefficient (Wildman–Crippen LogP) is 8.71. The van der Waals surface area contributed by atoms with Crippen molar-refractivity contribution in [2.24, 2.45) is 0 Å². The Hall–Kier alpha value is -2.80. The molecule has 2 heteroatoms. The van der Waals surface area contributed by atoms with Gasteiger partial charge in [-0.2, -0.15) is 85.3 Å². The monoisotopic (exact) mass is 550 g/mol. The molecule has 0 saturated heterocycles. The van der Waals surface area contributed by atoms with Crippen LogP contribution in [0.5, 0.6) is 0 Å². The molecular formula is C33H36SiZr. The van der Waals surface area contributed by atoms with Gasteiger partial charge in [-0.3, -0.25) is 0 Å². The van der Waals surface area contributed by atoms with Gasteiger partial charge in [-0.25, -0.2) is 0 Å². The Kier molecular flexibility index (Phi) is 13.8. The summed E-state index contributed by atoms with van der Waals surface area (Å²) in [6.07, 6.45) is 0. The van der Waals surface area contributed by atoms with Crippen LogP contribution in [-0.4, -0.2) is 8.07 Å². The van der Waals surface area contributed by atoms with Crippen molar-refractivity contribution in [3.05, 3.63) is 165 Å². The summed E-state index contributed by atoms with van der Waals surface area (Å²) in [4.78, 5) is 0. The van der Waals surface area contributed by atoms with E-state index in [9.17, 15) is 0 Å². The van der Waals surface area contributed by atoms with Gasteiger partial charge in [0.2, 0.25) is 0 Å². The van der Waals surface area contributed by atoms with E-state index in [0.717, 1.165) is 16.7 Å². The smallest absolute Gasteiger partial charge is 0.199 e. The Bertz CT molecular complexity index is 1070. The molecular weight excluding hydrogens is 516 g/mol. The van der Waals surface area contributed by atoms with Crippen molar-refractivity contribution < 1.29 is 26.2 Å². The van der Waals surface area contributed by atoms with E-state index in [2.05, 4.69) is 76.8 Å². The van der Waals surface area contributed by atoms with Gasteiger partial charge in [-0.05, 0) is 0 Å². The van der Waals surface area contributed by atoms with Gasteiger partial charge in [-0.15, -0.1) is 71.2 Å².